The van der Waals surface area contributed by atoms with Crippen LogP contribution in [0.1, 0.15) is 19.4 Å². The van der Waals surface area contributed by atoms with E-state index in [0.29, 0.717) is 6.04 Å². The summed E-state index contributed by atoms with van der Waals surface area (Å²) in [6.45, 7) is 4.96. The summed E-state index contributed by atoms with van der Waals surface area (Å²) in [5.74, 6) is 1.66. The van der Waals surface area contributed by atoms with Crippen LogP contribution in [0.5, 0.6) is 0 Å². The molecule has 5 heteroatoms. The minimum Gasteiger partial charge on any atom is -0.370 e. The molecule has 1 aromatic heterocycles. The highest BCUT2D eigenvalue weighted by Crippen LogP contribution is 2.12. The normalized spacial score (nSPS) is 10.6. The lowest BCUT2D eigenvalue weighted by Gasteiger charge is -2.10. The molecule has 0 radical (unpaired) electrons. The standard InChI is InChI=1S/C15H19ClN4/c1-11(2)20-15-9-14(18-10-19-15)17-7-6-12-4-3-5-13(16)8-12/h3-5,8-11H,6-7H2,1-2H3,(H2,17,18,19,20). The van der Waals surface area contributed by atoms with Gasteiger partial charge in [-0.25, -0.2) is 9.97 Å². The molecule has 4 nitrogen and oxygen atoms in total. The number of aromatic nitrogens is 2. The van der Waals surface area contributed by atoms with E-state index in [2.05, 4.69) is 40.5 Å². The lowest BCUT2D eigenvalue weighted by Crippen LogP contribution is -2.12. The van der Waals surface area contributed by atoms with Gasteiger partial charge < -0.3 is 10.6 Å². The molecule has 0 aliphatic heterocycles. The lowest BCUT2D eigenvalue weighted by atomic mass is 10.1. The number of nitrogens with one attached hydrogen (secondary N) is 2. The Morgan fingerprint density at radius 1 is 1.15 bits per heavy atom. The van der Waals surface area contributed by atoms with Crippen LogP contribution in [0.25, 0.3) is 0 Å². The van der Waals surface area contributed by atoms with Crippen molar-refractivity contribution in [2.24, 2.45) is 0 Å². The second-order valence-electron chi connectivity index (χ2n) is 4.89. The van der Waals surface area contributed by atoms with Crippen molar-refractivity contribution in [1.82, 2.24) is 9.97 Å². The molecule has 0 amide bonds. The summed E-state index contributed by atoms with van der Waals surface area (Å²) in [6.07, 6.45) is 2.46. The van der Waals surface area contributed by atoms with Gasteiger partial charge in [0.15, 0.2) is 0 Å². The molecule has 0 spiro atoms. The highest BCUT2D eigenvalue weighted by molar-refractivity contribution is 6.30. The van der Waals surface area contributed by atoms with Gasteiger partial charge >= 0.3 is 0 Å². The van der Waals surface area contributed by atoms with Gasteiger partial charge in [-0.15, -0.1) is 0 Å². The number of rotatable bonds is 6. The Hall–Kier alpha value is -1.81. The van der Waals surface area contributed by atoms with Crippen LogP contribution in [0.4, 0.5) is 11.6 Å². The zero-order valence-electron chi connectivity index (χ0n) is 11.7. The van der Waals surface area contributed by atoms with Gasteiger partial charge in [0.05, 0.1) is 0 Å². The van der Waals surface area contributed by atoms with Crippen molar-refractivity contribution in [3.05, 3.63) is 47.2 Å². The predicted octanol–water partition coefficient (Wildman–Crippen LogP) is 3.60. The molecule has 0 fully saturated rings. The molecule has 0 bridgehead atoms. The Kier molecular flexibility index (Phi) is 5.18. The lowest BCUT2D eigenvalue weighted by molar-refractivity contribution is 0.885. The van der Waals surface area contributed by atoms with E-state index in [-0.39, 0.29) is 0 Å². The monoisotopic (exact) mass is 290 g/mol. The van der Waals surface area contributed by atoms with Crippen molar-refractivity contribution in [3.8, 4) is 0 Å². The Morgan fingerprint density at radius 3 is 2.70 bits per heavy atom. The minimum absolute atomic E-state index is 0.351. The second-order valence-corrected chi connectivity index (χ2v) is 5.33. The van der Waals surface area contributed by atoms with E-state index < -0.39 is 0 Å². The minimum atomic E-state index is 0.351. The van der Waals surface area contributed by atoms with Gasteiger partial charge in [0.2, 0.25) is 0 Å². The first kappa shape index (κ1) is 14.6. The first-order valence-corrected chi connectivity index (χ1v) is 7.08. The molecule has 1 heterocycles. The van der Waals surface area contributed by atoms with Crippen molar-refractivity contribution in [1.29, 1.82) is 0 Å². The average molecular weight is 291 g/mol. The summed E-state index contributed by atoms with van der Waals surface area (Å²) >= 11 is 5.96. The van der Waals surface area contributed by atoms with Crippen LogP contribution >= 0.6 is 11.6 Å². The number of benzene rings is 1. The van der Waals surface area contributed by atoms with Gasteiger partial charge in [0.1, 0.15) is 18.0 Å². The van der Waals surface area contributed by atoms with E-state index in [0.717, 1.165) is 29.6 Å². The highest BCUT2D eigenvalue weighted by Gasteiger charge is 2.00. The molecule has 0 atom stereocenters. The molecule has 1 aromatic carbocycles. The van der Waals surface area contributed by atoms with Gasteiger partial charge in [-0.1, -0.05) is 23.7 Å². The van der Waals surface area contributed by atoms with Crippen molar-refractivity contribution in [3.63, 3.8) is 0 Å². The SMILES string of the molecule is CC(C)Nc1cc(NCCc2cccc(Cl)c2)ncn1. The Balaban J connectivity index is 1.87. The van der Waals surface area contributed by atoms with E-state index in [4.69, 9.17) is 11.6 Å². The summed E-state index contributed by atoms with van der Waals surface area (Å²) in [4.78, 5) is 8.38. The molecule has 0 aliphatic carbocycles. The molecular formula is C15H19ClN4. The summed E-state index contributed by atoms with van der Waals surface area (Å²) in [7, 11) is 0. The number of hydrogen-bond acceptors (Lipinski definition) is 4. The van der Waals surface area contributed by atoms with Crippen molar-refractivity contribution < 1.29 is 0 Å². The quantitative estimate of drug-likeness (QED) is 0.853. The molecule has 0 saturated carbocycles. The Labute approximate surface area is 124 Å². The molecule has 106 valence electrons. The molecule has 0 saturated heterocycles. The average Bonchev–Trinajstić information content (AvgIpc) is 2.38. The summed E-state index contributed by atoms with van der Waals surface area (Å²) in [5.41, 5.74) is 1.21. The second kappa shape index (κ2) is 7.10. The fraction of sp³-hybridized carbons (Fsp3) is 0.333. The van der Waals surface area contributed by atoms with E-state index >= 15 is 0 Å². The van der Waals surface area contributed by atoms with Crippen molar-refractivity contribution in [2.75, 3.05) is 17.2 Å². The molecular weight excluding hydrogens is 272 g/mol. The fourth-order valence-electron chi connectivity index (χ4n) is 1.86. The van der Waals surface area contributed by atoms with Crippen LogP contribution in [-0.2, 0) is 6.42 Å². The van der Waals surface area contributed by atoms with E-state index in [1.165, 1.54) is 5.56 Å². The van der Waals surface area contributed by atoms with Gasteiger partial charge in [0, 0.05) is 23.7 Å². The van der Waals surface area contributed by atoms with Gasteiger partial charge in [-0.2, -0.15) is 0 Å². The van der Waals surface area contributed by atoms with Crippen LogP contribution in [-0.4, -0.2) is 22.6 Å². The smallest absolute Gasteiger partial charge is 0.131 e. The van der Waals surface area contributed by atoms with Gasteiger partial charge in [0.25, 0.3) is 0 Å². The summed E-state index contributed by atoms with van der Waals surface area (Å²) in [6, 6.07) is 10.2. The molecule has 0 aliphatic rings. The maximum absolute atomic E-state index is 5.96. The highest BCUT2D eigenvalue weighted by atomic mass is 35.5. The van der Waals surface area contributed by atoms with E-state index in [9.17, 15) is 0 Å². The summed E-state index contributed by atoms with van der Waals surface area (Å²) < 4.78 is 0. The number of halogens is 1. The van der Waals surface area contributed by atoms with Crippen molar-refractivity contribution >= 4 is 23.2 Å². The molecule has 2 rings (SSSR count). The van der Waals surface area contributed by atoms with Gasteiger partial charge in [-0.3, -0.25) is 0 Å². The van der Waals surface area contributed by atoms with Crippen LogP contribution in [0.3, 0.4) is 0 Å². The summed E-state index contributed by atoms with van der Waals surface area (Å²) in [5, 5.41) is 7.32. The largest absolute Gasteiger partial charge is 0.370 e. The third kappa shape index (κ3) is 4.70. The third-order valence-corrected chi connectivity index (χ3v) is 2.95. The first-order valence-electron chi connectivity index (χ1n) is 6.70. The zero-order chi connectivity index (χ0) is 14.4. The Morgan fingerprint density at radius 2 is 1.95 bits per heavy atom. The van der Waals surface area contributed by atoms with E-state index in [1.54, 1.807) is 6.33 Å². The molecule has 2 aromatic rings. The predicted molar refractivity (Wildman–Crippen MR) is 84.4 cm³/mol. The maximum atomic E-state index is 5.96. The Bertz CT molecular complexity index is 557. The van der Waals surface area contributed by atoms with Crippen LogP contribution in [0, 0.1) is 0 Å². The topological polar surface area (TPSA) is 49.8 Å². The maximum Gasteiger partial charge on any atom is 0.131 e. The van der Waals surface area contributed by atoms with Crippen molar-refractivity contribution in [2.45, 2.75) is 26.3 Å². The molecule has 0 unspecified atom stereocenters. The third-order valence-electron chi connectivity index (χ3n) is 2.71. The van der Waals surface area contributed by atoms with Gasteiger partial charge in [-0.05, 0) is 38.0 Å². The van der Waals surface area contributed by atoms with E-state index in [1.807, 2.05) is 24.3 Å². The first-order chi connectivity index (χ1) is 9.63. The van der Waals surface area contributed by atoms with Crippen LogP contribution < -0.4 is 10.6 Å². The molecule has 2 N–H and O–H groups in total. The molecule has 20 heavy (non-hydrogen) atoms. The number of nitrogens with zero attached hydrogens (tertiary/aromatic N) is 2. The number of anilines is 2. The van der Waals surface area contributed by atoms with Crippen LogP contribution in [0.2, 0.25) is 5.02 Å². The number of hydrogen-bond donors (Lipinski definition) is 2. The zero-order valence-corrected chi connectivity index (χ0v) is 12.5. The van der Waals surface area contributed by atoms with Crippen LogP contribution in [0.15, 0.2) is 36.7 Å². The fourth-order valence-corrected chi connectivity index (χ4v) is 2.07.